The van der Waals surface area contributed by atoms with Crippen LogP contribution < -0.4 is 11.1 Å². The van der Waals surface area contributed by atoms with Crippen LogP contribution >= 0.6 is 0 Å². The van der Waals surface area contributed by atoms with Gasteiger partial charge >= 0.3 is 0 Å². The van der Waals surface area contributed by atoms with Gasteiger partial charge in [-0.3, -0.25) is 0 Å². The number of ether oxygens (including phenoxy) is 1. The Hall–Kier alpha value is -1.01. The summed E-state index contributed by atoms with van der Waals surface area (Å²) in [5, 5.41) is 13.4. The van der Waals surface area contributed by atoms with E-state index in [1.54, 1.807) is 6.07 Å². The highest BCUT2D eigenvalue weighted by atomic mass is 19.1. The van der Waals surface area contributed by atoms with Gasteiger partial charge < -0.3 is 20.9 Å². The zero-order chi connectivity index (χ0) is 18.3. The number of nitrogens with two attached hydrogens (primary N) is 1. The number of hydrogen-bond donors (Lipinski definition) is 3. The summed E-state index contributed by atoms with van der Waals surface area (Å²) in [5.74, 6) is 0.162. The van der Waals surface area contributed by atoms with Gasteiger partial charge in [-0.15, -0.1) is 0 Å². The average Bonchev–Trinajstić information content (AvgIpc) is 2.50. The Morgan fingerprint density at radius 2 is 1.96 bits per heavy atom. The largest absolute Gasteiger partial charge is 0.389 e. The van der Waals surface area contributed by atoms with Crippen LogP contribution in [0.5, 0.6) is 0 Å². The number of benzene rings is 1. The normalized spacial score (nSPS) is 14.9. The predicted octanol–water partition coefficient (Wildman–Crippen LogP) is 2.62. The molecule has 0 fully saturated rings. The summed E-state index contributed by atoms with van der Waals surface area (Å²) < 4.78 is 19.5. The van der Waals surface area contributed by atoms with E-state index < -0.39 is 6.10 Å². The van der Waals surface area contributed by atoms with Crippen LogP contribution in [-0.4, -0.2) is 36.0 Å². The monoisotopic (exact) mass is 340 g/mol. The van der Waals surface area contributed by atoms with Crippen molar-refractivity contribution in [1.29, 1.82) is 0 Å². The summed E-state index contributed by atoms with van der Waals surface area (Å²) in [4.78, 5) is 0. The molecule has 0 aliphatic heterocycles. The molecule has 1 aromatic carbocycles. The van der Waals surface area contributed by atoms with Gasteiger partial charge in [-0.05, 0) is 44.7 Å². The lowest BCUT2D eigenvalue weighted by Gasteiger charge is -2.28. The number of aliphatic hydroxyl groups is 1. The number of β-amino-alcohol motifs (C(OH)–C–C–N with tert-alkyl or cyclic N) is 1. The zero-order valence-corrected chi connectivity index (χ0v) is 15.6. The molecule has 0 aliphatic carbocycles. The molecule has 1 aromatic rings. The topological polar surface area (TPSA) is 67.5 Å². The molecule has 0 amide bonds. The van der Waals surface area contributed by atoms with Crippen LogP contribution in [0.3, 0.4) is 0 Å². The SMILES string of the molecule is CC(C)C(C)OC[C@H](O)CNC(C)(C)Cc1ccc(CN)c(F)c1. The fourth-order valence-electron chi connectivity index (χ4n) is 2.35. The van der Waals surface area contributed by atoms with Crippen molar-refractivity contribution in [2.45, 2.75) is 65.3 Å². The Morgan fingerprint density at radius 3 is 2.50 bits per heavy atom. The quantitative estimate of drug-likeness (QED) is 0.612. The molecule has 24 heavy (non-hydrogen) atoms. The van der Waals surface area contributed by atoms with E-state index in [1.165, 1.54) is 6.07 Å². The maximum atomic E-state index is 13.8. The Labute approximate surface area is 145 Å². The first kappa shape index (κ1) is 21.0. The summed E-state index contributed by atoms with van der Waals surface area (Å²) in [5.41, 5.74) is 6.65. The van der Waals surface area contributed by atoms with Crippen LogP contribution in [0.4, 0.5) is 4.39 Å². The standard InChI is InChI=1S/C19H33FN2O2/c1-13(2)14(3)24-12-17(23)11-22-19(4,5)9-15-6-7-16(10-21)18(20)8-15/h6-8,13-14,17,22-23H,9-12,21H2,1-5H3/t14?,17-/m1/s1. The maximum Gasteiger partial charge on any atom is 0.127 e. The minimum Gasteiger partial charge on any atom is -0.389 e. The molecule has 4 N–H and O–H groups in total. The molecule has 0 saturated heterocycles. The van der Waals surface area contributed by atoms with Gasteiger partial charge in [0.1, 0.15) is 5.82 Å². The molecule has 0 saturated carbocycles. The first-order valence-corrected chi connectivity index (χ1v) is 8.66. The van der Waals surface area contributed by atoms with Crippen LogP contribution in [0, 0.1) is 11.7 Å². The molecular weight excluding hydrogens is 307 g/mol. The predicted molar refractivity (Wildman–Crippen MR) is 96.3 cm³/mol. The van der Waals surface area contributed by atoms with Crippen LogP contribution in [0.15, 0.2) is 18.2 Å². The van der Waals surface area contributed by atoms with Gasteiger partial charge in [0.2, 0.25) is 0 Å². The summed E-state index contributed by atoms with van der Waals surface area (Å²) in [6, 6.07) is 5.17. The molecule has 0 heterocycles. The average molecular weight is 340 g/mol. The Balaban J connectivity index is 2.47. The molecule has 0 radical (unpaired) electrons. The van der Waals surface area contributed by atoms with Crippen molar-refractivity contribution in [2.24, 2.45) is 11.7 Å². The summed E-state index contributed by atoms with van der Waals surface area (Å²) >= 11 is 0. The Kier molecular flexibility index (Phi) is 8.30. The van der Waals surface area contributed by atoms with Crippen LogP contribution in [0.1, 0.15) is 45.7 Å². The first-order chi connectivity index (χ1) is 11.1. The van der Waals surface area contributed by atoms with E-state index in [1.807, 2.05) is 26.8 Å². The van der Waals surface area contributed by atoms with Crippen molar-refractivity contribution in [3.8, 4) is 0 Å². The van der Waals surface area contributed by atoms with E-state index in [9.17, 15) is 9.50 Å². The Bertz CT molecular complexity index is 506. The van der Waals surface area contributed by atoms with Crippen LogP contribution in [-0.2, 0) is 17.7 Å². The third kappa shape index (κ3) is 7.26. The maximum absolute atomic E-state index is 13.8. The molecule has 138 valence electrons. The van der Waals surface area contributed by atoms with Gasteiger partial charge in [0.05, 0.1) is 18.8 Å². The second-order valence-corrected chi connectivity index (χ2v) is 7.51. The van der Waals surface area contributed by atoms with Gasteiger partial charge in [0.15, 0.2) is 0 Å². The first-order valence-electron chi connectivity index (χ1n) is 8.66. The summed E-state index contributed by atoms with van der Waals surface area (Å²) in [6.45, 7) is 11.2. The molecule has 1 unspecified atom stereocenters. The van der Waals surface area contributed by atoms with Gasteiger partial charge in [-0.2, -0.15) is 0 Å². The highest BCUT2D eigenvalue weighted by Crippen LogP contribution is 2.16. The number of halogens is 1. The van der Waals surface area contributed by atoms with E-state index in [4.69, 9.17) is 10.5 Å². The molecule has 0 aliphatic rings. The molecule has 4 nitrogen and oxygen atoms in total. The summed E-state index contributed by atoms with van der Waals surface area (Å²) in [7, 11) is 0. The van der Waals surface area contributed by atoms with Gasteiger partial charge in [0, 0.05) is 24.2 Å². The molecule has 0 bridgehead atoms. The van der Waals surface area contributed by atoms with Crippen molar-refractivity contribution >= 4 is 0 Å². The van der Waals surface area contributed by atoms with Crippen molar-refractivity contribution in [1.82, 2.24) is 5.32 Å². The molecule has 5 heteroatoms. The minimum atomic E-state index is -0.568. The van der Waals surface area contributed by atoms with Crippen LogP contribution in [0.25, 0.3) is 0 Å². The van der Waals surface area contributed by atoms with Crippen molar-refractivity contribution < 1.29 is 14.2 Å². The number of aliphatic hydroxyl groups excluding tert-OH is 1. The van der Waals surface area contributed by atoms with E-state index in [2.05, 4.69) is 19.2 Å². The minimum absolute atomic E-state index is 0.122. The second-order valence-electron chi connectivity index (χ2n) is 7.51. The molecule has 1 rings (SSSR count). The van der Waals surface area contributed by atoms with E-state index >= 15 is 0 Å². The third-order valence-electron chi connectivity index (χ3n) is 4.29. The van der Waals surface area contributed by atoms with Crippen molar-refractivity contribution in [3.63, 3.8) is 0 Å². The number of rotatable bonds is 10. The van der Waals surface area contributed by atoms with Crippen molar-refractivity contribution in [3.05, 3.63) is 35.1 Å². The molecule has 0 aromatic heterocycles. The smallest absolute Gasteiger partial charge is 0.127 e. The third-order valence-corrected chi connectivity index (χ3v) is 4.29. The van der Waals surface area contributed by atoms with Gasteiger partial charge in [-0.1, -0.05) is 26.0 Å². The zero-order valence-electron chi connectivity index (χ0n) is 15.6. The Morgan fingerprint density at radius 1 is 1.29 bits per heavy atom. The molecule has 2 atom stereocenters. The fraction of sp³-hybridized carbons (Fsp3) is 0.684. The summed E-state index contributed by atoms with van der Waals surface area (Å²) in [6.07, 6.45) is 0.212. The van der Waals surface area contributed by atoms with Crippen LogP contribution in [0.2, 0.25) is 0 Å². The molecular formula is C19H33FN2O2. The second kappa shape index (κ2) is 9.47. The van der Waals surface area contributed by atoms with E-state index in [-0.39, 0.29) is 24.0 Å². The highest BCUT2D eigenvalue weighted by molar-refractivity contribution is 5.25. The van der Waals surface area contributed by atoms with Crippen molar-refractivity contribution in [2.75, 3.05) is 13.2 Å². The van der Waals surface area contributed by atoms with E-state index in [0.29, 0.717) is 31.1 Å². The van der Waals surface area contributed by atoms with E-state index in [0.717, 1.165) is 5.56 Å². The van der Waals surface area contributed by atoms with Gasteiger partial charge in [0.25, 0.3) is 0 Å². The fourth-order valence-corrected chi connectivity index (χ4v) is 2.35. The highest BCUT2D eigenvalue weighted by Gasteiger charge is 2.20. The lowest BCUT2D eigenvalue weighted by molar-refractivity contribution is -0.0207. The van der Waals surface area contributed by atoms with Gasteiger partial charge in [-0.25, -0.2) is 4.39 Å². The number of nitrogens with one attached hydrogen (secondary N) is 1. The molecule has 0 spiro atoms. The lowest BCUT2D eigenvalue weighted by Crippen LogP contribution is -2.46. The number of hydrogen-bond acceptors (Lipinski definition) is 4. The lowest BCUT2D eigenvalue weighted by atomic mass is 9.94.